The van der Waals surface area contributed by atoms with Crippen LogP contribution < -0.4 is 11.1 Å². The van der Waals surface area contributed by atoms with E-state index in [1.54, 1.807) is 13.2 Å². The van der Waals surface area contributed by atoms with Gasteiger partial charge in [0, 0.05) is 12.8 Å². The molecule has 0 radical (unpaired) electrons. The fourth-order valence-electron chi connectivity index (χ4n) is 2.47. The van der Waals surface area contributed by atoms with Crippen LogP contribution in [0.2, 0.25) is 0 Å². The Labute approximate surface area is 143 Å². The average Bonchev–Trinajstić information content (AvgIpc) is 2.57. The Balaban J connectivity index is 2.10. The molecule has 1 heterocycles. The second-order valence-electron chi connectivity index (χ2n) is 5.87. The van der Waals surface area contributed by atoms with Gasteiger partial charge in [0.15, 0.2) is 0 Å². The molecule has 2 aromatic rings. The summed E-state index contributed by atoms with van der Waals surface area (Å²) in [4.78, 5) is 16.7. The van der Waals surface area contributed by atoms with Crippen LogP contribution in [0.15, 0.2) is 30.3 Å². The number of aromatic nitrogens is 1. The van der Waals surface area contributed by atoms with Crippen LogP contribution in [0.3, 0.4) is 0 Å². The number of rotatable bonds is 7. The number of nitrogen functional groups attached to an aromatic ring is 1. The maximum Gasteiger partial charge on any atom is 0.259 e. The number of carbonyl (C=O) groups excluding carboxylic acids is 1. The van der Waals surface area contributed by atoms with Crippen LogP contribution in [0.5, 0.6) is 0 Å². The number of ether oxygens (including phenoxy) is 1. The van der Waals surface area contributed by atoms with E-state index in [9.17, 15) is 4.79 Å². The van der Waals surface area contributed by atoms with E-state index < -0.39 is 0 Å². The maximum atomic E-state index is 12.5. The first-order valence-electron chi connectivity index (χ1n) is 8.20. The van der Waals surface area contributed by atoms with Gasteiger partial charge in [-0.15, -0.1) is 0 Å². The van der Waals surface area contributed by atoms with Crippen LogP contribution in [0.4, 0.5) is 11.5 Å². The lowest BCUT2D eigenvalue weighted by Gasteiger charge is -2.11. The van der Waals surface area contributed by atoms with Crippen LogP contribution in [-0.2, 0) is 17.8 Å². The molecule has 0 atom stereocenters. The first-order chi connectivity index (χ1) is 11.5. The summed E-state index contributed by atoms with van der Waals surface area (Å²) < 4.78 is 5.08. The van der Waals surface area contributed by atoms with E-state index in [1.165, 1.54) is 18.4 Å². The molecule has 0 aliphatic carbocycles. The summed E-state index contributed by atoms with van der Waals surface area (Å²) in [6.45, 7) is 4.43. The summed E-state index contributed by atoms with van der Waals surface area (Å²) in [6.07, 6.45) is 3.39. The highest BCUT2D eigenvalue weighted by molar-refractivity contribution is 6.07. The van der Waals surface area contributed by atoms with Crippen LogP contribution >= 0.6 is 0 Å². The normalized spacial score (nSPS) is 10.6. The molecule has 0 saturated heterocycles. The Morgan fingerprint density at radius 2 is 2.00 bits per heavy atom. The van der Waals surface area contributed by atoms with Gasteiger partial charge in [0.1, 0.15) is 5.82 Å². The number of hydrogen-bond donors (Lipinski definition) is 2. The molecular formula is C19H25N3O2. The van der Waals surface area contributed by atoms with Crippen molar-refractivity contribution < 1.29 is 9.53 Å². The molecule has 1 amide bonds. The number of nitrogens with one attached hydrogen (secondary N) is 1. The van der Waals surface area contributed by atoms with E-state index in [1.807, 2.05) is 31.2 Å². The van der Waals surface area contributed by atoms with E-state index in [0.717, 1.165) is 23.4 Å². The van der Waals surface area contributed by atoms with Gasteiger partial charge in [-0.3, -0.25) is 4.79 Å². The van der Waals surface area contributed by atoms with E-state index in [-0.39, 0.29) is 11.7 Å². The zero-order valence-electron chi connectivity index (χ0n) is 14.6. The lowest BCUT2D eigenvalue weighted by atomic mass is 10.1. The number of aryl methyl sites for hydroxylation is 2. The fraction of sp³-hybridized carbons (Fsp3) is 0.368. The van der Waals surface area contributed by atoms with E-state index in [2.05, 4.69) is 17.2 Å². The van der Waals surface area contributed by atoms with Crippen LogP contribution in [0, 0.1) is 6.92 Å². The molecule has 0 aliphatic rings. The van der Waals surface area contributed by atoms with Crippen molar-refractivity contribution in [2.45, 2.75) is 39.7 Å². The second kappa shape index (κ2) is 8.45. The van der Waals surface area contributed by atoms with Crippen LogP contribution in [-0.4, -0.2) is 18.0 Å². The summed E-state index contributed by atoms with van der Waals surface area (Å²) in [5.74, 6) is -0.0434. The predicted octanol–water partition coefficient (Wildman–Crippen LogP) is 3.71. The largest absolute Gasteiger partial charge is 0.383 e. The lowest BCUT2D eigenvalue weighted by molar-refractivity contribution is 0.102. The molecule has 2 rings (SSSR count). The van der Waals surface area contributed by atoms with Crippen molar-refractivity contribution in [3.63, 3.8) is 0 Å². The Morgan fingerprint density at radius 3 is 2.62 bits per heavy atom. The Kier molecular flexibility index (Phi) is 6.32. The predicted molar refractivity (Wildman–Crippen MR) is 97.1 cm³/mol. The SMILES string of the molecule is CCCCc1ccc(NC(=O)c2cc(C)c(COC)nc2N)cc1. The first kappa shape index (κ1) is 17.9. The molecule has 1 aromatic carbocycles. The van der Waals surface area contributed by atoms with E-state index in [4.69, 9.17) is 10.5 Å². The third-order valence-corrected chi connectivity index (χ3v) is 3.90. The zero-order chi connectivity index (χ0) is 17.5. The molecule has 128 valence electrons. The molecule has 5 heteroatoms. The van der Waals surface area contributed by atoms with Crippen molar-refractivity contribution >= 4 is 17.4 Å². The van der Waals surface area contributed by atoms with Gasteiger partial charge in [-0.2, -0.15) is 0 Å². The molecule has 0 fully saturated rings. The van der Waals surface area contributed by atoms with Crippen molar-refractivity contribution in [2.75, 3.05) is 18.2 Å². The van der Waals surface area contributed by atoms with Crippen LogP contribution in [0.25, 0.3) is 0 Å². The number of nitrogens with two attached hydrogens (primary N) is 1. The van der Waals surface area contributed by atoms with Gasteiger partial charge < -0.3 is 15.8 Å². The average molecular weight is 327 g/mol. The molecule has 0 bridgehead atoms. The van der Waals surface area contributed by atoms with Crippen molar-refractivity contribution in [1.29, 1.82) is 0 Å². The van der Waals surface area contributed by atoms with Crippen molar-refractivity contribution in [3.05, 3.63) is 52.7 Å². The number of carbonyl (C=O) groups is 1. The number of anilines is 2. The van der Waals surface area contributed by atoms with Gasteiger partial charge in [-0.05, 0) is 49.1 Å². The Morgan fingerprint density at radius 1 is 1.29 bits per heavy atom. The summed E-state index contributed by atoms with van der Waals surface area (Å²) in [5.41, 5.74) is 9.95. The quantitative estimate of drug-likeness (QED) is 0.812. The number of hydrogen-bond acceptors (Lipinski definition) is 4. The van der Waals surface area contributed by atoms with Gasteiger partial charge in [-0.25, -0.2) is 4.98 Å². The summed E-state index contributed by atoms with van der Waals surface area (Å²) in [5, 5.41) is 2.87. The molecule has 0 saturated carbocycles. The minimum atomic E-state index is -0.256. The third kappa shape index (κ3) is 4.55. The molecule has 1 aromatic heterocycles. The highest BCUT2D eigenvalue weighted by Gasteiger charge is 2.14. The van der Waals surface area contributed by atoms with Gasteiger partial charge in [-0.1, -0.05) is 25.5 Å². The van der Waals surface area contributed by atoms with E-state index in [0.29, 0.717) is 12.2 Å². The maximum absolute atomic E-state index is 12.5. The number of methoxy groups -OCH3 is 1. The lowest BCUT2D eigenvalue weighted by Crippen LogP contribution is -2.16. The van der Waals surface area contributed by atoms with Gasteiger partial charge >= 0.3 is 0 Å². The van der Waals surface area contributed by atoms with Crippen molar-refractivity contribution in [2.24, 2.45) is 0 Å². The van der Waals surface area contributed by atoms with Gasteiger partial charge in [0.25, 0.3) is 5.91 Å². The number of amides is 1. The van der Waals surface area contributed by atoms with E-state index >= 15 is 0 Å². The minimum Gasteiger partial charge on any atom is -0.383 e. The van der Waals surface area contributed by atoms with Crippen molar-refractivity contribution in [3.8, 4) is 0 Å². The molecule has 0 spiro atoms. The molecule has 5 nitrogen and oxygen atoms in total. The van der Waals surface area contributed by atoms with Crippen LogP contribution in [0.1, 0.15) is 46.9 Å². The summed E-state index contributed by atoms with van der Waals surface area (Å²) in [7, 11) is 1.60. The number of benzene rings is 1. The first-order valence-corrected chi connectivity index (χ1v) is 8.20. The molecule has 3 N–H and O–H groups in total. The number of unbranched alkanes of at least 4 members (excludes halogenated alkanes) is 1. The summed E-state index contributed by atoms with van der Waals surface area (Å²) >= 11 is 0. The monoisotopic (exact) mass is 327 g/mol. The molecule has 0 aliphatic heterocycles. The van der Waals surface area contributed by atoms with Gasteiger partial charge in [0.2, 0.25) is 0 Å². The smallest absolute Gasteiger partial charge is 0.259 e. The van der Waals surface area contributed by atoms with Crippen molar-refractivity contribution in [1.82, 2.24) is 4.98 Å². The second-order valence-corrected chi connectivity index (χ2v) is 5.87. The third-order valence-electron chi connectivity index (χ3n) is 3.90. The summed E-state index contributed by atoms with van der Waals surface area (Å²) in [6, 6.07) is 9.67. The topological polar surface area (TPSA) is 77.2 Å². The highest BCUT2D eigenvalue weighted by Crippen LogP contribution is 2.18. The molecule has 24 heavy (non-hydrogen) atoms. The zero-order valence-corrected chi connectivity index (χ0v) is 14.6. The number of pyridine rings is 1. The Hall–Kier alpha value is -2.40. The molecular weight excluding hydrogens is 302 g/mol. The highest BCUT2D eigenvalue weighted by atomic mass is 16.5. The minimum absolute atomic E-state index is 0.213. The Bertz CT molecular complexity index is 697. The fourth-order valence-corrected chi connectivity index (χ4v) is 2.47. The molecule has 0 unspecified atom stereocenters. The standard InChI is InChI=1S/C19H25N3O2/c1-4-5-6-14-7-9-15(10-8-14)21-19(23)16-11-13(2)17(12-24-3)22-18(16)20/h7-11H,4-6,12H2,1-3H3,(H2,20,22)(H,21,23). The van der Waals surface area contributed by atoms with Gasteiger partial charge in [0.05, 0.1) is 17.9 Å². The number of nitrogens with zero attached hydrogens (tertiary/aromatic N) is 1.